The molecule has 0 saturated heterocycles. The maximum atomic E-state index is 11.8. The maximum Gasteiger partial charge on any atom is 0.356 e. The molecule has 7 heteroatoms. The Bertz CT molecular complexity index is 510. The molecule has 0 aliphatic carbocycles. The molecule has 0 fully saturated rings. The molecule has 98 valence electrons. The van der Waals surface area contributed by atoms with Gasteiger partial charge in [0.05, 0.1) is 12.2 Å². The number of hydrogen-bond acceptors (Lipinski definition) is 3. The number of aryl methyl sites for hydroxylation is 1. The number of carbonyl (C=O) groups is 2. The summed E-state index contributed by atoms with van der Waals surface area (Å²) in [6, 6.07) is 0. The lowest BCUT2D eigenvalue weighted by Gasteiger charge is -2.28. The second-order valence-electron chi connectivity index (χ2n) is 4.33. The number of carboxylic acids is 1. The molecular weight excluding hydrogens is 258 g/mol. The number of carboxylic acid groups (broad SMARTS) is 1. The number of alkyl halides is 1. The summed E-state index contributed by atoms with van der Waals surface area (Å²) < 4.78 is 1.52. The van der Waals surface area contributed by atoms with Gasteiger partial charge in [-0.2, -0.15) is 5.10 Å². The van der Waals surface area contributed by atoms with Gasteiger partial charge in [-0.05, 0) is 13.3 Å². The number of amides is 1. The van der Waals surface area contributed by atoms with Crippen LogP contribution in [0.1, 0.15) is 28.7 Å². The molecule has 1 atom stereocenters. The summed E-state index contributed by atoms with van der Waals surface area (Å²) in [5, 5.41) is 12.4. The Balaban J connectivity index is 2.30. The van der Waals surface area contributed by atoms with E-state index in [0.29, 0.717) is 19.5 Å². The number of aromatic carboxylic acids is 1. The average molecular weight is 272 g/mol. The third kappa shape index (κ3) is 2.08. The summed E-state index contributed by atoms with van der Waals surface area (Å²) in [5.41, 5.74) is 1.57. The zero-order chi connectivity index (χ0) is 13.4. The number of halogens is 1. The predicted octanol–water partition coefficient (Wildman–Crippen LogP) is 0.630. The molecule has 2 heterocycles. The topological polar surface area (TPSA) is 75.4 Å². The molecule has 6 nitrogen and oxygen atoms in total. The Kier molecular flexibility index (Phi) is 3.30. The number of rotatable bonds is 2. The second-order valence-corrected chi connectivity index (χ2v) is 4.98. The number of nitrogens with zero attached hydrogens (tertiary/aromatic N) is 3. The third-order valence-electron chi connectivity index (χ3n) is 3.10. The van der Waals surface area contributed by atoms with Gasteiger partial charge in [-0.3, -0.25) is 9.48 Å². The third-order valence-corrected chi connectivity index (χ3v) is 3.29. The van der Waals surface area contributed by atoms with Crippen molar-refractivity contribution in [2.24, 2.45) is 7.05 Å². The fourth-order valence-electron chi connectivity index (χ4n) is 2.18. The zero-order valence-electron chi connectivity index (χ0n) is 10.2. The molecule has 0 aromatic carbocycles. The highest BCUT2D eigenvalue weighted by Gasteiger charge is 2.29. The highest BCUT2D eigenvalue weighted by Crippen LogP contribution is 2.23. The van der Waals surface area contributed by atoms with Crippen LogP contribution < -0.4 is 0 Å². The Morgan fingerprint density at radius 1 is 1.50 bits per heavy atom. The van der Waals surface area contributed by atoms with Gasteiger partial charge in [-0.25, -0.2) is 4.79 Å². The van der Waals surface area contributed by atoms with Gasteiger partial charge in [0.15, 0.2) is 5.69 Å². The Morgan fingerprint density at radius 3 is 2.72 bits per heavy atom. The van der Waals surface area contributed by atoms with Gasteiger partial charge in [-0.1, -0.05) is 0 Å². The standard InChI is InChI=1S/C11H14ClN3O3/c1-6(12)10(16)15-4-3-7-8(5-15)14(2)13-9(7)11(17)18/h6H,3-5H2,1-2H3,(H,17,18). The minimum absolute atomic E-state index is 0.0820. The number of hydrogen-bond donors (Lipinski definition) is 1. The SMILES string of the molecule is CC(Cl)C(=O)N1CCc2c(C(=O)O)nn(C)c2C1. The zero-order valence-corrected chi connectivity index (χ0v) is 10.9. The van der Waals surface area contributed by atoms with Crippen LogP contribution in [-0.4, -0.2) is 43.6 Å². The molecule has 0 bridgehead atoms. The van der Waals surface area contributed by atoms with Crippen LogP contribution in [0.3, 0.4) is 0 Å². The van der Waals surface area contributed by atoms with Crippen LogP contribution in [0.4, 0.5) is 0 Å². The lowest BCUT2D eigenvalue weighted by molar-refractivity contribution is -0.131. The van der Waals surface area contributed by atoms with Gasteiger partial charge in [0, 0.05) is 19.2 Å². The van der Waals surface area contributed by atoms with E-state index < -0.39 is 11.3 Å². The summed E-state index contributed by atoms with van der Waals surface area (Å²) in [7, 11) is 1.68. The van der Waals surface area contributed by atoms with Crippen molar-refractivity contribution in [3.8, 4) is 0 Å². The highest BCUT2D eigenvalue weighted by molar-refractivity contribution is 6.30. The van der Waals surface area contributed by atoms with Crippen LogP contribution in [0.15, 0.2) is 0 Å². The van der Waals surface area contributed by atoms with Gasteiger partial charge in [0.2, 0.25) is 5.91 Å². The minimum atomic E-state index is -1.03. The van der Waals surface area contributed by atoms with Gasteiger partial charge in [-0.15, -0.1) is 11.6 Å². The molecule has 1 aliphatic rings. The van der Waals surface area contributed by atoms with Crippen LogP contribution >= 0.6 is 11.6 Å². The molecule has 1 N–H and O–H groups in total. The normalized spacial score (nSPS) is 16.3. The van der Waals surface area contributed by atoms with Crippen molar-refractivity contribution >= 4 is 23.5 Å². The van der Waals surface area contributed by atoms with Crippen LogP contribution in [0, 0.1) is 0 Å². The number of fused-ring (bicyclic) bond motifs is 1. The van der Waals surface area contributed by atoms with Crippen molar-refractivity contribution in [3.63, 3.8) is 0 Å². The second kappa shape index (κ2) is 4.61. The quantitative estimate of drug-likeness (QED) is 0.801. The predicted molar refractivity (Wildman–Crippen MR) is 64.6 cm³/mol. The molecule has 0 radical (unpaired) electrons. The van der Waals surface area contributed by atoms with Crippen LogP contribution in [0.25, 0.3) is 0 Å². The maximum absolute atomic E-state index is 11.8. The summed E-state index contributed by atoms with van der Waals surface area (Å²) in [6.07, 6.45) is 0.500. The number of aromatic nitrogens is 2. The summed E-state index contributed by atoms with van der Waals surface area (Å²) >= 11 is 5.78. The molecule has 0 spiro atoms. The molecule has 1 unspecified atom stereocenters. The van der Waals surface area contributed by atoms with Crippen molar-refractivity contribution in [2.45, 2.75) is 25.3 Å². The van der Waals surface area contributed by atoms with Crippen LogP contribution in [0.5, 0.6) is 0 Å². The molecule has 1 amide bonds. The summed E-state index contributed by atoms with van der Waals surface area (Å²) in [5.74, 6) is -1.17. The molecule has 18 heavy (non-hydrogen) atoms. The summed E-state index contributed by atoms with van der Waals surface area (Å²) in [6.45, 7) is 2.47. The van der Waals surface area contributed by atoms with Crippen molar-refractivity contribution in [3.05, 3.63) is 17.0 Å². The lowest BCUT2D eigenvalue weighted by atomic mass is 10.0. The van der Waals surface area contributed by atoms with E-state index in [4.69, 9.17) is 16.7 Å². The number of carbonyl (C=O) groups excluding carboxylic acids is 1. The fourth-order valence-corrected chi connectivity index (χ4v) is 2.32. The van der Waals surface area contributed by atoms with Crippen LogP contribution in [-0.2, 0) is 24.8 Å². The summed E-state index contributed by atoms with van der Waals surface area (Å²) in [4.78, 5) is 24.5. The molecule has 0 saturated carbocycles. The average Bonchev–Trinajstić information content (AvgIpc) is 2.65. The van der Waals surface area contributed by atoms with Crippen LogP contribution in [0.2, 0.25) is 0 Å². The lowest BCUT2D eigenvalue weighted by Crippen LogP contribution is -2.40. The monoisotopic (exact) mass is 271 g/mol. The van der Waals surface area contributed by atoms with E-state index >= 15 is 0 Å². The molecule has 1 aliphatic heterocycles. The first-order valence-corrected chi connectivity index (χ1v) is 6.06. The first-order valence-electron chi connectivity index (χ1n) is 5.62. The fraction of sp³-hybridized carbons (Fsp3) is 0.545. The van der Waals surface area contributed by atoms with E-state index in [1.807, 2.05) is 0 Å². The highest BCUT2D eigenvalue weighted by atomic mass is 35.5. The van der Waals surface area contributed by atoms with E-state index in [2.05, 4.69) is 5.10 Å². The first kappa shape index (κ1) is 12.9. The first-order chi connectivity index (χ1) is 8.41. The Morgan fingerprint density at radius 2 is 2.17 bits per heavy atom. The Hall–Kier alpha value is -1.56. The van der Waals surface area contributed by atoms with Gasteiger partial charge < -0.3 is 10.0 Å². The van der Waals surface area contributed by atoms with Crippen molar-refractivity contribution in [2.75, 3.05) is 6.54 Å². The molecular formula is C11H14ClN3O3. The molecule has 2 rings (SSSR count). The molecule has 1 aromatic heterocycles. The minimum Gasteiger partial charge on any atom is -0.476 e. The molecule has 1 aromatic rings. The van der Waals surface area contributed by atoms with E-state index in [1.54, 1.807) is 18.9 Å². The van der Waals surface area contributed by atoms with Gasteiger partial charge in [0.25, 0.3) is 0 Å². The smallest absolute Gasteiger partial charge is 0.356 e. The van der Waals surface area contributed by atoms with Gasteiger partial charge in [0.1, 0.15) is 5.38 Å². The van der Waals surface area contributed by atoms with E-state index in [1.165, 1.54) is 4.68 Å². The van der Waals surface area contributed by atoms with E-state index in [9.17, 15) is 9.59 Å². The van der Waals surface area contributed by atoms with Crippen molar-refractivity contribution < 1.29 is 14.7 Å². The van der Waals surface area contributed by atoms with Gasteiger partial charge >= 0.3 is 5.97 Å². The van der Waals surface area contributed by atoms with E-state index in [-0.39, 0.29) is 11.6 Å². The van der Waals surface area contributed by atoms with E-state index in [0.717, 1.165) is 11.3 Å². The van der Waals surface area contributed by atoms with Crippen molar-refractivity contribution in [1.29, 1.82) is 0 Å². The van der Waals surface area contributed by atoms with Crippen molar-refractivity contribution in [1.82, 2.24) is 14.7 Å². The largest absolute Gasteiger partial charge is 0.476 e. The Labute approximate surface area is 109 Å².